The maximum Gasteiger partial charge on any atom is 0.461 e. The number of hydrogen-bond donors (Lipinski definition) is 4. The average Bonchev–Trinajstić information content (AvgIpc) is 2.75. The second-order valence-corrected chi connectivity index (χ2v) is 7.82. The lowest BCUT2D eigenvalue weighted by atomic mass is 9.80. The third kappa shape index (κ3) is 18.3. The number of aliphatic hydroxyl groups excluding tert-OH is 2. The van der Waals surface area contributed by atoms with Crippen molar-refractivity contribution in [2.24, 2.45) is 0 Å². The van der Waals surface area contributed by atoms with Gasteiger partial charge in [0.2, 0.25) is 0 Å². The SMILES string of the molecule is CC(C)OB(Cc1ccccc1)OC(C)C.COc1ccc(CB(O)O)cc1.OCCCO. The molecule has 0 aliphatic rings. The van der Waals surface area contributed by atoms with Gasteiger partial charge in [0.25, 0.3) is 0 Å². The molecule has 0 radical (unpaired) electrons. The topological polar surface area (TPSA) is 109 Å². The number of hydrogen-bond acceptors (Lipinski definition) is 7. The van der Waals surface area contributed by atoms with E-state index in [9.17, 15) is 0 Å². The van der Waals surface area contributed by atoms with E-state index >= 15 is 0 Å². The molecule has 2 rings (SSSR count). The smallest absolute Gasteiger partial charge is 0.461 e. The number of rotatable bonds is 11. The van der Waals surface area contributed by atoms with Crippen molar-refractivity contribution in [1.29, 1.82) is 0 Å². The Balaban J connectivity index is 0.000000530. The van der Waals surface area contributed by atoms with Gasteiger partial charge in [-0.3, -0.25) is 0 Å². The van der Waals surface area contributed by atoms with Crippen LogP contribution in [0.2, 0.25) is 0 Å². The Kier molecular flexibility index (Phi) is 18.5. The Morgan fingerprint density at radius 2 is 1.21 bits per heavy atom. The number of aliphatic hydroxyl groups is 2. The normalized spacial score (nSPS) is 10.2. The molecule has 7 nitrogen and oxygen atoms in total. The molecule has 0 amide bonds. The lowest BCUT2D eigenvalue weighted by Gasteiger charge is -2.19. The molecular formula is C24H40B2O7. The molecule has 0 fully saturated rings. The van der Waals surface area contributed by atoms with Gasteiger partial charge in [-0.2, -0.15) is 0 Å². The van der Waals surface area contributed by atoms with Gasteiger partial charge in [0.05, 0.1) is 7.11 Å². The van der Waals surface area contributed by atoms with Gasteiger partial charge in [-0.05, 0) is 51.8 Å². The first kappa shape index (κ1) is 31.1. The van der Waals surface area contributed by atoms with Gasteiger partial charge in [-0.1, -0.05) is 48.0 Å². The highest BCUT2D eigenvalue weighted by atomic mass is 16.6. The van der Waals surface area contributed by atoms with E-state index < -0.39 is 7.12 Å². The van der Waals surface area contributed by atoms with Gasteiger partial charge in [0.15, 0.2) is 0 Å². The molecule has 184 valence electrons. The third-order valence-electron chi connectivity index (χ3n) is 3.99. The summed E-state index contributed by atoms with van der Waals surface area (Å²) >= 11 is 0. The molecule has 33 heavy (non-hydrogen) atoms. The van der Waals surface area contributed by atoms with Crippen molar-refractivity contribution in [3.05, 3.63) is 65.7 Å². The van der Waals surface area contributed by atoms with Crippen LogP contribution in [0.25, 0.3) is 0 Å². The highest BCUT2D eigenvalue weighted by molar-refractivity contribution is 6.44. The molecule has 0 aliphatic heterocycles. The fourth-order valence-corrected chi connectivity index (χ4v) is 2.59. The van der Waals surface area contributed by atoms with E-state index in [0.717, 1.165) is 17.6 Å². The number of ether oxygens (including phenoxy) is 1. The van der Waals surface area contributed by atoms with Crippen LogP contribution in [0.5, 0.6) is 5.75 Å². The van der Waals surface area contributed by atoms with Gasteiger partial charge < -0.3 is 34.3 Å². The van der Waals surface area contributed by atoms with Crippen molar-refractivity contribution < 1.29 is 34.3 Å². The van der Waals surface area contributed by atoms with Crippen LogP contribution in [0, 0.1) is 0 Å². The monoisotopic (exact) mass is 462 g/mol. The lowest BCUT2D eigenvalue weighted by molar-refractivity contribution is 0.129. The van der Waals surface area contributed by atoms with Gasteiger partial charge in [-0.15, -0.1) is 0 Å². The minimum Gasteiger partial charge on any atom is -0.497 e. The van der Waals surface area contributed by atoms with Crippen LogP contribution in [0.1, 0.15) is 45.2 Å². The molecular weight excluding hydrogens is 422 g/mol. The average molecular weight is 462 g/mol. The van der Waals surface area contributed by atoms with E-state index in [2.05, 4.69) is 12.1 Å². The summed E-state index contributed by atoms with van der Waals surface area (Å²) < 4.78 is 16.4. The Morgan fingerprint density at radius 3 is 1.58 bits per heavy atom. The fraction of sp³-hybridized carbons (Fsp3) is 0.500. The molecule has 0 saturated carbocycles. The van der Waals surface area contributed by atoms with E-state index in [0.29, 0.717) is 6.42 Å². The molecule has 0 spiro atoms. The predicted molar refractivity (Wildman–Crippen MR) is 134 cm³/mol. The van der Waals surface area contributed by atoms with Gasteiger partial charge in [0.1, 0.15) is 5.75 Å². The summed E-state index contributed by atoms with van der Waals surface area (Å²) in [5.41, 5.74) is 2.12. The van der Waals surface area contributed by atoms with Crippen LogP contribution in [0.4, 0.5) is 0 Å². The molecule has 9 heteroatoms. The summed E-state index contributed by atoms with van der Waals surface area (Å²) in [4.78, 5) is 0. The minimum absolute atomic E-state index is 0.0938. The molecule has 0 saturated heterocycles. The predicted octanol–water partition coefficient (Wildman–Crippen LogP) is 2.72. The summed E-state index contributed by atoms with van der Waals surface area (Å²) in [6.45, 7) is 8.31. The van der Waals surface area contributed by atoms with E-state index in [-0.39, 0.29) is 38.9 Å². The van der Waals surface area contributed by atoms with Crippen LogP contribution in [-0.2, 0) is 21.9 Å². The molecule has 2 aromatic carbocycles. The second kappa shape index (κ2) is 19.6. The maximum absolute atomic E-state index is 8.66. The highest BCUT2D eigenvalue weighted by Gasteiger charge is 2.21. The Hall–Kier alpha value is -1.87. The number of methoxy groups -OCH3 is 1. The largest absolute Gasteiger partial charge is 0.497 e. The van der Waals surface area contributed by atoms with Crippen molar-refractivity contribution in [1.82, 2.24) is 0 Å². The van der Waals surface area contributed by atoms with Gasteiger partial charge >= 0.3 is 14.2 Å². The maximum atomic E-state index is 8.66. The molecule has 0 heterocycles. The van der Waals surface area contributed by atoms with Crippen molar-refractivity contribution in [3.63, 3.8) is 0 Å². The van der Waals surface area contributed by atoms with Crippen LogP contribution in [0.3, 0.4) is 0 Å². The van der Waals surface area contributed by atoms with Crippen LogP contribution in [-0.4, -0.2) is 67.0 Å². The highest BCUT2D eigenvalue weighted by Crippen LogP contribution is 2.11. The molecule has 0 atom stereocenters. The van der Waals surface area contributed by atoms with E-state index in [1.54, 1.807) is 31.4 Å². The minimum atomic E-state index is -1.28. The molecule has 0 aromatic heterocycles. The van der Waals surface area contributed by atoms with Crippen LogP contribution < -0.4 is 4.74 Å². The molecule has 0 aliphatic carbocycles. The second-order valence-electron chi connectivity index (χ2n) is 7.82. The summed E-state index contributed by atoms with van der Waals surface area (Å²) in [5.74, 6) is 0.770. The Morgan fingerprint density at radius 1 is 0.727 bits per heavy atom. The standard InChI is InChI=1S/C13H21BO2.C8H11BO3.C3H8O2/c1-11(2)15-14(16-12(3)4)10-13-8-6-5-7-9-13;1-12-8-4-2-7(3-5-8)6-9(10)11;4-2-1-3-5/h5-9,11-12H,10H2,1-4H3;2-5,10-11H,6H2,1H3;4-5H,1-3H2. The van der Waals surface area contributed by atoms with E-state index in [1.807, 2.05) is 45.9 Å². The third-order valence-corrected chi connectivity index (χ3v) is 3.99. The molecule has 0 bridgehead atoms. The zero-order chi connectivity index (χ0) is 25.1. The lowest BCUT2D eigenvalue weighted by Crippen LogP contribution is -2.32. The first-order chi connectivity index (χ1) is 15.7. The first-order valence-corrected chi connectivity index (χ1v) is 11.3. The van der Waals surface area contributed by atoms with Gasteiger partial charge in [-0.25, -0.2) is 0 Å². The molecule has 2 aromatic rings. The first-order valence-electron chi connectivity index (χ1n) is 11.3. The van der Waals surface area contributed by atoms with Gasteiger partial charge in [0, 0.05) is 38.1 Å². The van der Waals surface area contributed by atoms with Crippen molar-refractivity contribution >= 4 is 14.2 Å². The van der Waals surface area contributed by atoms with Crippen LogP contribution in [0.15, 0.2) is 54.6 Å². The molecule has 0 unspecified atom stereocenters. The Bertz CT molecular complexity index is 671. The number of benzene rings is 2. The van der Waals surface area contributed by atoms with E-state index in [4.69, 9.17) is 34.3 Å². The van der Waals surface area contributed by atoms with Crippen molar-refractivity contribution in [2.45, 2.75) is 59.0 Å². The molecule has 4 N–H and O–H groups in total. The summed E-state index contributed by atoms with van der Waals surface area (Å²) in [7, 11) is 0.163. The fourth-order valence-electron chi connectivity index (χ4n) is 2.59. The van der Waals surface area contributed by atoms with Crippen molar-refractivity contribution in [3.8, 4) is 5.75 Å². The quantitative estimate of drug-likeness (QED) is 0.381. The zero-order valence-corrected chi connectivity index (χ0v) is 20.6. The summed E-state index contributed by atoms with van der Waals surface area (Å²) in [5, 5.41) is 33.1. The Labute approximate surface area is 199 Å². The zero-order valence-electron chi connectivity index (χ0n) is 20.6. The van der Waals surface area contributed by atoms with E-state index in [1.165, 1.54) is 5.56 Å². The van der Waals surface area contributed by atoms with Crippen molar-refractivity contribution in [2.75, 3.05) is 20.3 Å². The van der Waals surface area contributed by atoms with Crippen LogP contribution >= 0.6 is 0 Å². The summed E-state index contributed by atoms with van der Waals surface area (Å²) in [6, 6.07) is 17.5. The summed E-state index contributed by atoms with van der Waals surface area (Å²) in [6.07, 6.45) is 1.93.